The summed E-state index contributed by atoms with van der Waals surface area (Å²) in [4.78, 5) is 43.9. The largest absolute Gasteiger partial charge is 0.478 e. The molecule has 2 amide bonds. The number of oxime groups is 1. The van der Waals surface area contributed by atoms with Crippen LogP contribution in [0.2, 0.25) is 0 Å². The molecule has 1 aromatic rings. The van der Waals surface area contributed by atoms with Gasteiger partial charge in [-0.15, -0.1) is 0 Å². The molecule has 2 aliphatic heterocycles. The second-order valence-corrected chi connectivity index (χ2v) is 9.76. The van der Waals surface area contributed by atoms with Gasteiger partial charge in [0, 0.05) is 5.41 Å². The summed E-state index contributed by atoms with van der Waals surface area (Å²) in [6.07, 6.45) is 1.04. The molecule has 0 bridgehead atoms. The van der Waals surface area contributed by atoms with Gasteiger partial charge in [-0.05, 0) is 13.8 Å². The number of amides is 2. The van der Waals surface area contributed by atoms with Gasteiger partial charge in [-0.25, -0.2) is 14.1 Å². The summed E-state index contributed by atoms with van der Waals surface area (Å²) in [6.45, 7) is 2.57. The molecule has 6 N–H and O–H groups in total. The molecular weight excluding hydrogens is 484 g/mol. The SMILES string of the molecule is C[C@H](O/N=C(\C(=O)N[C@@H]1C(=O)N(S(=O)(=O)O)[C@@H]1Cn1cncn1)C1=CSC(C)(N)N1)C(=O)O. The molecule has 1 fully saturated rings. The molecule has 180 valence electrons. The number of rotatable bonds is 9. The smallest absolute Gasteiger partial charge is 0.362 e. The Morgan fingerprint density at radius 3 is 2.73 bits per heavy atom. The Morgan fingerprint density at radius 1 is 1.52 bits per heavy atom. The number of carbonyl (C=O) groups excluding carboxylic acids is 2. The van der Waals surface area contributed by atoms with Crippen LogP contribution < -0.4 is 16.4 Å². The van der Waals surface area contributed by atoms with Gasteiger partial charge in [0.05, 0.1) is 18.3 Å². The van der Waals surface area contributed by atoms with E-state index in [0.717, 1.165) is 11.8 Å². The van der Waals surface area contributed by atoms with Crippen LogP contribution in [-0.4, -0.2) is 83.8 Å². The molecule has 0 spiro atoms. The highest BCUT2D eigenvalue weighted by Gasteiger charge is 2.54. The first-order chi connectivity index (χ1) is 15.3. The van der Waals surface area contributed by atoms with E-state index in [1.165, 1.54) is 29.7 Å². The Labute approximate surface area is 191 Å². The molecular formula is C15H20N8O8S2. The van der Waals surface area contributed by atoms with Gasteiger partial charge in [0.2, 0.25) is 6.10 Å². The Hall–Kier alpha value is -3.22. The Balaban J connectivity index is 1.84. The second kappa shape index (κ2) is 8.96. The van der Waals surface area contributed by atoms with Crippen molar-refractivity contribution in [1.82, 2.24) is 29.7 Å². The number of β-lactam (4-membered cyclic amide) rings is 1. The van der Waals surface area contributed by atoms with Gasteiger partial charge >= 0.3 is 16.3 Å². The van der Waals surface area contributed by atoms with Crippen molar-refractivity contribution in [2.45, 2.75) is 43.6 Å². The number of thioether (sulfide) groups is 1. The standard InChI is InChI=1S/C15H20N8O8S2/c1-7(14(26)27)31-21-10(8-4-32-15(2,16)20-8)12(24)19-11-9(3-22-6-17-5-18-22)23(13(11)25)33(28,29)30/h4-7,9,11,20H,3,16H2,1-2H3,(H,19,24)(H,26,27)(H,28,29,30)/b21-10-/t7-,9+,11-,15?/m0/s1. The van der Waals surface area contributed by atoms with Crippen LogP contribution in [0.15, 0.2) is 28.9 Å². The summed E-state index contributed by atoms with van der Waals surface area (Å²) in [5, 5.41) is 23.0. The van der Waals surface area contributed by atoms with Crippen molar-refractivity contribution in [3.63, 3.8) is 0 Å². The predicted octanol–water partition coefficient (Wildman–Crippen LogP) is -2.57. The molecule has 0 saturated carbocycles. The van der Waals surface area contributed by atoms with E-state index < -0.39 is 57.0 Å². The molecule has 1 saturated heterocycles. The van der Waals surface area contributed by atoms with Gasteiger partial charge in [0.1, 0.15) is 23.7 Å². The van der Waals surface area contributed by atoms with Gasteiger partial charge < -0.3 is 26.3 Å². The quantitative estimate of drug-likeness (QED) is 0.101. The number of nitrogens with two attached hydrogens (primary N) is 1. The lowest BCUT2D eigenvalue weighted by atomic mass is 9.98. The van der Waals surface area contributed by atoms with Crippen LogP contribution >= 0.6 is 11.8 Å². The van der Waals surface area contributed by atoms with E-state index in [-0.39, 0.29) is 16.5 Å². The van der Waals surface area contributed by atoms with Crippen LogP contribution in [0.5, 0.6) is 0 Å². The third-order valence-corrected chi connectivity index (χ3v) is 6.36. The maximum Gasteiger partial charge on any atom is 0.362 e. The third kappa shape index (κ3) is 5.41. The first kappa shape index (κ1) is 24.4. The molecule has 0 aliphatic carbocycles. The topological polar surface area (TPSA) is 231 Å². The summed E-state index contributed by atoms with van der Waals surface area (Å²) < 4.78 is 34.0. The highest BCUT2D eigenvalue weighted by Crippen LogP contribution is 2.28. The molecule has 3 rings (SSSR count). The van der Waals surface area contributed by atoms with Gasteiger partial charge in [-0.3, -0.25) is 18.8 Å². The third-order valence-electron chi connectivity index (χ3n) is 4.47. The number of carboxylic acid groups (broad SMARTS) is 1. The Bertz CT molecular complexity index is 1120. The van der Waals surface area contributed by atoms with E-state index in [4.69, 9.17) is 15.7 Å². The minimum atomic E-state index is -4.91. The zero-order chi connectivity index (χ0) is 24.6. The summed E-state index contributed by atoms with van der Waals surface area (Å²) in [6, 6.07) is -2.61. The van der Waals surface area contributed by atoms with Crippen molar-refractivity contribution in [3.8, 4) is 0 Å². The maximum atomic E-state index is 13.0. The Kier molecular flexibility index (Phi) is 6.63. The fourth-order valence-electron chi connectivity index (χ4n) is 2.88. The van der Waals surface area contributed by atoms with E-state index in [1.807, 2.05) is 0 Å². The average Bonchev–Trinajstić information content (AvgIpc) is 3.33. The number of carbonyl (C=O) groups is 3. The molecule has 33 heavy (non-hydrogen) atoms. The van der Waals surface area contributed by atoms with Crippen molar-refractivity contribution >= 4 is 45.6 Å². The molecule has 1 aromatic heterocycles. The highest BCUT2D eigenvalue weighted by molar-refractivity contribution is 8.03. The lowest BCUT2D eigenvalue weighted by molar-refractivity contribution is -0.149. The van der Waals surface area contributed by atoms with Crippen LogP contribution in [-0.2, 0) is 36.1 Å². The number of nitrogens with zero attached hydrogens (tertiary/aromatic N) is 5. The van der Waals surface area contributed by atoms with Crippen molar-refractivity contribution in [2.75, 3.05) is 0 Å². The summed E-state index contributed by atoms with van der Waals surface area (Å²) >= 11 is 1.11. The van der Waals surface area contributed by atoms with Crippen molar-refractivity contribution in [2.24, 2.45) is 10.9 Å². The molecule has 0 radical (unpaired) electrons. The van der Waals surface area contributed by atoms with Gasteiger partial charge in [0.15, 0.2) is 5.71 Å². The van der Waals surface area contributed by atoms with Gasteiger partial charge in [0.25, 0.3) is 11.8 Å². The number of nitrogens with one attached hydrogen (secondary N) is 2. The number of aromatic nitrogens is 3. The van der Waals surface area contributed by atoms with E-state index >= 15 is 0 Å². The minimum absolute atomic E-state index is 0.0892. The normalized spacial score (nSPS) is 26.2. The molecule has 18 heteroatoms. The van der Waals surface area contributed by atoms with Crippen LogP contribution in [0.3, 0.4) is 0 Å². The first-order valence-electron chi connectivity index (χ1n) is 9.16. The van der Waals surface area contributed by atoms with E-state index in [2.05, 4.69) is 25.9 Å². The number of carboxylic acids is 1. The summed E-state index contributed by atoms with van der Waals surface area (Å²) in [5.41, 5.74) is 5.60. The maximum absolute atomic E-state index is 13.0. The zero-order valence-corrected chi connectivity index (χ0v) is 18.8. The van der Waals surface area contributed by atoms with Gasteiger partial charge in [-0.2, -0.15) is 13.5 Å². The molecule has 3 heterocycles. The molecule has 2 aliphatic rings. The fourth-order valence-corrected chi connectivity index (χ4v) is 4.46. The summed E-state index contributed by atoms with van der Waals surface area (Å²) in [5.74, 6) is -3.42. The highest BCUT2D eigenvalue weighted by atomic mass is 32.2. The number of hydrogen-bond donors (Lipinski definition) is 5. The van der Waals surface area contributed by atoms with E-state index in [0.29, 0.717) is 0 Å². The molecule has 1 unspecified atom stereocenters. The van der Waals surface area contributed by atoms with Crippen LogP contribution in [0.4, 0.5) is 0 Å². The van der Waals surface area contributed by atoms with Gasteiger partial charge in [-0.1, -0.05) is 16.9 Å². The van der Waals surface area contributed by atoms with Crippen molar-refractivity contribution in [3.05, 3.63) is 23.8 Å². The fraction of sp³-hybridized carbons (Fsp3) is 0.467. The zero-order valence-electron chi connectivity index (χ0n) is 17.1. The van der Waals surface area contributed by atoms with Crippen LogP contribution in [0.1, 0.15) is 13.8 Å². The van der Waals surface area contributed by atoms with Crippen molar-refractivity contribution in [1.29, 1.82) is 0 Å². The monoisotopic (exact) mass is 504 g/mol. The van der Waals surface area contributed by atoms with E-state index in [9.17, 15) is 27.4 Å². The molecule has 16 nitrogen and oxygen atoms in total. The van der Waals surface area contributed by atoms with Crippen molar-refractivity contribution < 1.29 is 37.3 Å². The number of hydrogen-bond acceptors (Lipinski definition) is 12. The average molecular weight is 505 g/mol. The van der Waals surface area contributed by atoms with E-state index in [1.54, 1.807) is 6.92 Å². The van der Waals surface area contributed by atoms with Crippen LogP contribution in [0, 0.1) is 0 Å². The molecule has 4 atom stereocenters. The summed E-state index contributed by atoms with van der Waals surface area (Å²) in [7, 11) is -4.91. The molecule has 0 aromatic carbocycles. The second-order valence-electron chi connectivity index (χ2n) is 7.16. The predicted molar refractivity (Wildman–Crippen MR) is 111 cm³/mol. The Morgan fingerprint density at radius 2 is 2.21 bits per heavy atom. The first-order valence-corrected chi connectivity index (χ1v) is 11.4. The van der Waals surface area contributed by atoms with Crippen LogP contribution in [0.25, 0.3) is 0 Å². The lowest BCUT2D eigenvalue weighted by Crippen LogP contribution is -2.73. The number of aliphatic carboxylic acids is 1. The minimum Gasteiger partial charge on any atom is -0.478 e. The lowest BCUT2D eigenvalue weighted by Gasteiger charge is -2.43.